The second-order valence-electron chi connectivity index (χ2n) is 10.3. The lowest BCUT2D eigenvalue weighted by atomic mass is 10.1. The summed E-state index contributed by atoms with van der Waals surface area (Å²) < 4.78 is 20.3. The molecular weight excluding hydrogens is 495 g/mol. The first-order chi connectivity index (χ1) is 18.5. The second-order valence-corrected chi connectivity index (χ2v) is 11.5. The number of hydrogen-bond donors (Lipinski definition) is 1. The molecule has 0 saturated heterocycles. The molecule has 0 aromatic heterocycles. The van der Waals surface area contributed by atoms with Gasteiger partial charge in [-0.25, -0.2) is 4.39 Å². The van der Waals surface area contributed by atoms with Gasteiger partial charge >= 0.3 is 0 Å². The molecule has 2 aromatic rings. The number of ether oxygens (including phenoxy) is 1. The van der Waals surface area contributed by atoms with Crippen molar-refractivity contribution in [2.45, 2.75) is 97.4 Å². The number of allylic oxidation sites excluding steroid dienone is 1. The van der Waals surface area contributed by atoms with Gasteiger partial charge in [-0.1, -0.05) is 89.7 Å². The molecule has 4 nitrogen and oxygen atoms in total. The van der Waals surface area contributed by atoms with E-state index in [0.29, 0.717) is 12.3 Å². The predicted molar refractivity (Wildman–Crippen MR) is 159 cm³/mol. The molecule has 6 heteroatoms. The van der Waals surface area contributed by atoms with Crippen molar-refractivity contribution in [3.63, 3.8) is 0 Å². The summed E-state index contributed by atoms with van der Waals surface area (Å²) in [5, 5.41) is 2.89. The van der Waals surface area contributed by atoms with Crippen molar-refractivity contribution < 1.29 is 13.9 Å². The van der Waals surface area contributed by atoms with Crippen molar-refractivity contribution in [2.75, 3.05) is 17.8 Å². The molecule has 0 aliphatic carbocycles. The van der Waals surface area contributed by atoms with E-state index >= 15 is 0 Å². The van der Waals surface area contributed by atoms with Gasteiger partial charge in [0.1, 0.15) is 0 Å². The molecule has 1 heterocycles. The molecule has 1 amide bonds. The van der Waals surface area contributed by atoms with Crippen LogP contribution in [0.2, 0.25) is 0 Å². The van der Waals surface area contributed by atoms with E-state index in [0.717, 1.165) is 30.8 Å². The molecule has 208 valence electrons. The maximum Gasteiger partial charge on any atom is 0.255 e. The summed E-state index contributed by atoms with van der Waals surface area (Å²) in [6.45, 7) is 5.65. The number of rotatable bonds is 18. The maximum absolute atomic E-state index is 14.6. The molecule has 1 N–H and O–H groups in total. The predicted octanol–water partition coefficient (Wildman–Crippen LogP) is 9.53. The lowest BCUT2D eigenvalue weighted by molar-refractivity contribution is 0.102. The molecule has 3 rings (SSSR count). The van der Waals surface area contributed by atoms with Crippen molar-refractivity contribution in [2.24, 2.45) is 0 Å². The monoisotopic (exact) mass is 540 g/mol. The Morgan fingerprint density at radius 1 is 0.947 bits per heavy atom. The summed E-state index contributed by atoms with van der Waals surface area (Å²) in [7, 11) is 0. The number of nitrogens with one attached hydrogen (secondary N) is 1. The Labute approximate surface area is 233 Å². The van der Waals surface area contributed by atoms with Crippen LogP contribution >= 0.6 is 11.8 Å². The van der Waals surface area contributed by atoms with Crippen LogP contribution in [0.15, 0.2) is 53.6 Å². The van der Waals surface area contributed by atoms with Gasteiger partial charge in [0.15, 0.2) is 11.6 Å². The average Bonchev–Trinajstić information content (AvgIpc) is 3.32. The topological polar surface area (TPSA) is 41.6 Å². The number of benzene rings is 2. The smallest absolute Gasteiger partial charge is 0.255 e. The fraction of sp³-hybridized carbons (Fsp3) is 0.531. The number of halogens is 1. The van der Waals surface area contributed by atoms with Gasteiger partial charge in [-0.05, 0) is 54.1 Å². The van der Waals surface area contributed by atoms with E-state index in [1.165, 1.54) is 75.2 Å². The quantitative estimate of drug-likeness (QED) is 0.191. The van der Waals surface area contributed by atoms with Crippen LogP contribution in [-0.4, -0.2) is 23.3 Å². The number of anilines is 1. The highest BCUT2D eigenvalue weighted by Gasteiger charge is 2.13. The minimum Gasteiger partial charge on any atom is -0.491 e. The third-order valence-electron chi connectivity index (χ3n) is 6.84. The van der Waals surface area contributed by atoms with Gasteiger partial charge in [-0.15, -0.1) is 11.8 Å². The van der Waals surface area contributed by atoms with Crippen LogP contribution in [0.5, 0.6) is 5.75 Å². The average molecular weight is 541 g/mol. The van der Waals surface area contributed by atoms with Crippen LogP contribution < -0.4 is 10.1 Å². The largest absolute Gasteiger partial charge is 0.491 e. The van der Waals surface area contributed by atoms with Gasteiger partial charge in [0.2, 0.25) is 0 Å². The third kappa shape index (κ3) is 11.1. The number of carbonyl (C=O) groups excluding carboxylic acids is 1. The summed E-state index contributed by atoms with van der Waals surface area (Å²) in [4.78, 5) is 16.3. The minimum absolute atomic E-state index is 0.207. The molecule has 0 fully saturated rings. The highest BCUT2D eigenvalue weighted by atomic mass is 32.2. The van der Waals surface area contributed by atoms with Gasteiger partial charge in [0.25, 0.3) is 5.91 Å². The number of carbonyl (C=O) groups is 1. The molecule has 0 saturated carbocycles. The summed E-state index contributed by atoms with van der Waals surface area (Å²) >= 11 is 1.82. The Balaban J connectivity index is 1.32. The molecule has 0 unspecified atom stereocenters. The van der Waals surface area contributed by atoms with E-state index in [-0.39, 0.29) is 17.2 Å². The van der Waals surface area contributed by atoms with Crippen LogP contribution in [0.3, 0.4) is 0 Å². The van der Waals surface area contributed by atoms with E-state index in [1.807, 2.05) is 36.0 Å². The van der Waals surface area contributed by atoms with E-state index in [9.17, 15) is 9.18 Å². The maximum atomic E-state index is 14.6. The molecule has 38 heavy (non-hydrogen) atoms. The van der Waals surface area contributed by atoms with E-state index < -0.39 is 5.82 Å². The zero-order chi connectivity index (χ0) is 27.0. The number of thioether (sulfide) groups is 1. The van der Waals surface area contributed by atoms with Crippen molar-refractivity contribution in [1.29, 1.82) is 0 Å². The normalized spacial score (nSPS) is 13.0. The molecule has 2 aromatic carbocycles. The summed E-state index contributed by atoms with van der Waals surface area (Å²) in [5.41, 5.74) is 2.09. The van der Waals surface area contributed by atoms with Gasteiger partial charge in [-0.3, -0.25) is 4.79 Å². The molecule has 1 aliphatic heterocycles. The number of amides is 1. The highest BCUT2D eigenvalue weighted by Crippen LogP contribution is 2.26. The highest BCUT2D eigenvalue weighted by molar-refractivity contribution is 8.03. The molecule has 0 atom stereocenters. The van der Waals surface area contributed by atoms with Crippen LogP contribution in [0, 0.1) is 5.82 Å². The molecule has 0 bridgehead atoms. The third-order valence-corrected chi connectivity index (χ3v) is 7.86. The standard InChI is InChI=1S/C32H45FN2O2S/c1-3-4-5-6-7-8-9-10-11-12-13-14-20-37-31-19-18-28(22-30(31)33)32(36)34-29-17-15-16-27(21-29)24-35-23-26(2)38-25-35/h15-19,21-23H,3-14,20,24-25H2,1-2H3,(H,34,36). The Morgan fingerprint density at radius 2 is 1.63 bits per heavy atom. The van der Waals surface area contributed by atoms with E-state index in [4.69, 9.17) is 4.74 Å². The zero-order valence-corrected chi connectivity index (χ0v) is 24.1. The summed E-state index contributed by atoms with van der Waals surface area (Å²) in [6.07, 6.45) is 17.5. The fourth-order valence-corrected chi connectivity index (χ4v) is 5.44. The number of unbranched alkanes of at least 4 members (excludes halogenated alkanes) is 11. The SMILES string of the molecule is CCCCCCCCCCCCCCOc1ccc(C(=O)Nc2cccc(CN3C=C(C)SC3)c2)cc1F. The van der Waals surface area contributed by atoms with Crippen LogP contribution in [-0.2, 0) is 6.54 Å². The summed E-state index contributed by atoms with van der Waals surface area (Å²) in [6, 6.07) is 12.2. The second kappa shape index (κ2) is 17.2. The van der Waals surface area contributed by atoms with Crippen molar-refractivity contribution in [1.82, 2.24) is 4.90 Å². The van der Waals surface area contributed by atoms with Crippen LogP contribution in [0.1, 0.15) is 107 Å². The Kier molecular flexibility index (Phi) is 13.6. The van der Waals surface area contributed by atoms with Crippen LogP contribution in [0.25, 0.3) is 0 Å². The van der Waals surface area contributed by atoms with Gasteiger partial charge < -0.3 is 15.0 Å². The first-order valence-electron chi connectivity index (χ1n) is 14.4. The Hall–Kier alpha value is -2.47. The molecule has 1 aliphatic rings. The first kappa shape index (κ1) is 30.1. The van der Waals surface area contributed by atoms with Gasteiger partial charge in [0, 0.05) is 24.0 Å². The molecular formula is C32H45FN2O2S. The lowest BCUT2D eigenvalue weighted by Gasteiger charge is -2.15. The van der Waals surface area contributed by atoms with Gasteiger partial charge in [0.05, 0.1) is 12.5 Å². The van der Waals surface area contributed by atoms with Crippen LogP contribution in [0.4, 0.5) is 10.1 Å². The van der Waals surface area contributed by atoms with Gasteiger partial charge in [-0.2, -0.15) is 0 Å². The number of nitrogens with zero attached hydrogens (tertiary/aromatic N) is 1. The molecule has 0 radical (unpaired) electrons. The zero-order valence-electron chi connectivity index (χ0n) is 23.3. The Morgan fingerprint density at radius 3 is 2.26 bits per heavy atom. The van der Waals surface area contributed by atoms with Crippen molar-refractivity contribution in [3.05, 3.63) is 70.5 Å². The first-order valence-corrected chi connectivity index (χ1v) is 15.4. The van der Waals surface area contributed by atoms with Crippen molar-refractivity contribution >= 4 is 23.4 Å². The van der Waals surface area contributed by atoms with Crippen molar-refractivity contribution in [3.8, 4) is 5.75 Å². The summed E-state index contributed by atoms with van der Waals surface area (Å²) in [5.74, 6) is 0.314. The fourth-order valence-electron chi connectivity index (χ4n) is 4.68. The van der Waals surface area contributed by atoms with E-state index in [1.54, 1.807) is 12.1 Å². The number of hydrogen-bond acceptors (Lipinski definition) is 4. The van der Waals surface area contributed by atoms with E-state index in [2.05, 4.69) is 30.3 Å². The Bertz CT molecular complexity index is 1030. The lowest BCUT2D eigenvalue weighted by Crippen LogP contribution is -2.14. The minimum atomic E-state index is -0.501. The molecule has 0 spiro atoms.